The molecule has 2 aromatic rings. The fourth-order valence-electron chi connectivity index (χ4n) is 2.21. The van der Waals surface area contributed by atoms with Gasteiger partial charge in [0.1, 0.15) is 0 Å². The summed E-state index contributed by atoms with van der Waals surface area (Å²) in [5, 5.41) is 11.3. The highest BCUT2D eigenvalue weighted by Crippen LogP contribution is 2.31. The Labute approximate surface area is 120 Å². The molecule has 0 radical (unpaired) electrons. The molecule has 0 N–H and O–H groups in total. The maximum atomic E-state index is 10.6. The van der Waals surface area contributed by atoms with Gasteiger partial charge in [0.25, 0.3) is 5.69 Å². The lowest BCUT2D eigenvalue weighted by Gasteiger charge is -2.06. The Morgan fingerprint density at radius 2 is 2.00 bits per heavy atom. The third-order valence-corrected chi connectivity index (χ3v) is 4.33. The molecule has 1 heterocycles. The number of nitro groups is 1. The van der Waals surface area contributed by atoms with Gasteiger partial charge in [-0.15, -0.1) is 0 Å². The van der Waals surface area contributed by atoms with Gasteiger partial charge < -0.3 is 0 Å². The summed E-state index contributed by atoms with van der Waals surface area (Å²) in [4.78, 5) is 20.4. The van der Waals surface area contributed by atoms with Gasteiger partial charge in [-0.25, -0.2) is 9.98 Å². The number of aryl methyl sites for hydroxylation is 2. The largest absolute Gasteiger partial charge is 0.269 e. The molecule has 6 heteroatoms. The molecule has 3 rings (SSSR count). The first kappa shape index (κ1) is 12.9. The molecule has 0 saturated carbocycles. The second kappa shape index (κ2) is 5.50. The van der Waals surface area contributed by atoms with Crippen LogP contribution in [0.15, 0.2) is 29.3 Å². The summed E-state index contributed by atoms with van der Waals surface area (Å²) in [6.07, 6.45) is 6.32. The van der Waals surface area contributed by atoms with Crippen molar-refractivity contribution in [3.8, 4) is 0 Å². The molecule has 1 aromatic heterocycles. The summed E-state index contributed by atoms with van der Waals surface area (Å²) in [7, 11) is 0. The van der Waals surface area contributed by atoms with Crippen LogP contribution in [0.1, 0.15) is 29.0 Å². The Balaban J connectivity index is 1.76. The summed E-state index contributed by atoms with van der Waals surface area (Å²) < 4.78 is 0. The minimum absolute atomic E-state index is 0.0897. The number of thiazole rings is 1. The third-order valence-electron chi connectivity index (χ3n) is 3.26. The number of nitro benzene ring substituents is 1. The van der Waals surface area contributed by atoms with E-state index in [0.717, 1.165) is 23.5 Å². The SMILES string of the molecule is O=[N+]([O-])c1ccc(/C=N\c2nc3c(s2)CCCC3)cc1. The van der Waals surface area contributed by atoms with Gasteiger partial charge >= 0.3 is 0 Å². The van der Waals surface area contributed by atoms with E-state index in [1.807, 2.05) is 0 Å². The lowest BCUT2D eigenvalue weighted by atomic mass is 10.0. The fraction of sp³-hybridized carbons (Fsp3) is 0.286. The molecule has 1 aromatic carbocycles. The van der Waals surface area contributed by atoms with E-state index in [9.17, 15) is 10.1 Å². The van der Waals surface area contributed by atoms with Crippen LogP contribution in [-0.2, 0) is 12.8 Å². The molecule has 0 bridgehead atoms. The molecule has 0 amide bonds. The Morgan fingerprint density at radius 3 is 2.70 bits per heavy atom. The zero-order valence-electron chi connectivity index (χ0n) is 10.8. The molecule has 5 nitrogen and oxygen atoms in total. The van der Waals surface area contributed by atoms with Crippen molar-refractivity contribution in [3.63, 3.8) is 0 Å². The second-order valence-corrected chi connectivity index (χ2v) is 5.74. The number of nitrogens with zero attached hydrogens (tertiary/aromatic N) is 3. The van der Waals surface area contributed by atoms with Gasteiger partial charge in [0, 0.05) is 23.2 Å². The summed E-state index contributed by atoms with van der Waals surface area (Å²) in [5.41, 5.74) is 2.12. The highest BCUT2D eigenvalue weighted by Gasteiger charge is 2.14. The first-order valence-electron chi connectivity index (χ1n) is 6.49. The Hall–Kier alpha value is -2.08. The normalized spacial score (nSPS) is 14.4. The molecule has 1 aliphatic carbocycles. The number of hydrogen-bond donors (Lipinski definition) is 0. The van der Waals surface area contributed by atoms with Crippen molar-refractivity contribution in [1.29, 1.82) is 0 Å². The van der Waals surface area contributed by atoms with E-state index in [2.05, 4.69) is 9.98 Å². The van der Waals surface area contributed by atoms with Gasteiger partial charge in [0.15, 0.2) is 0 Å². The summed E-state index contributed by atoms with van der Waals surface area (Å²) in [6, 6.07) is 6.34. The van der Waals surface area contributed by atoms with Crippen molar-refractivity contribution < 1.29 is 4.92 Å². The van der Waals surface area contributed by atoms with Gasteiger partial charge in [-0.1, -0.05) is 11.3 Å². The molecule has 102 valence electrons. The predicted molar refractivity (Wildman–Crippen MR) is 79.1 cm³/mol. The lowest BCUT2D eigenvalue weighted by Crippen LogP contribution is -1.98. The van der Waals surface area contributed by atoms with Crippen molar-refractivity contribution in [3.05, 3.63) is 50.5 Å². The van der Waals surface area contributed by atoms with E-state index < -0.39 is 4.92 Å². The summed E-state index contributed by atoms with van der Waals surface area (Å²) in [5.74, 6) is 0. The lowest BCUT2D eigenvalue weighted by molar-refractivity contribution is -0.384. The van der Waals surface area contributed by atoms with Crippen molar-refractivity contribution >= 4 is 28.4 Å². The van der Waals surface area contributed by atoms with Crippen LogP contribution in [0.4, 0.5) is 10.8 Å². The van der Waals surface area contributed by atoms with Crippen LogP contribution in [0.3, 0.4) is 0 Å². The Bertz CT molecular complexity index is 638. The van der Waals surface area contributed by atoms with Crippen LogP contribution < -0.4 is 0 Å². The Morgan fingerprint density at radius 1 is 1.25 bits per heavy atom. The van der Waals surface area contributed by atoms with Crippen LogP contribution in [0.5, 0.6) is 0 Å². The molecular formula is C14H13N3O2S. The van der Waals surface area contributed by atoms with Crippen LogP contribution in [0.2, 0.25) is 0 Å². The smallest absolute Gasteiger partial charge is 0.258 e. The topological polar surface area (TPSA) is 68.4 Å². The average Bonchev–Trinajstić information content (AvgIpc) is 2.88. The van der Waals surface area contributed by atoms with Crippen molar-refractivity contribution in [2.75, 3.05) is 0 Å². The van der Waals surface area contributed by atoms with Gasteiger partial charge in [0.05, 0.1) is 10.6 Å². The number of aliphatic imine (C=N–C) groups is 1. The monoisotopic (exact) mass is 287 g/mol. The summed E-state index contributed by atoms with van der Waals surface area (Å²) >= 11 is 1.65. The maximum absolute atomic E-state index is 10.6. The van der Waals surface area contributed by atoms with Crippen molar-refractivity contribution in [2.45, 2.75) is 25.7 Å². The minimum atomic E-state index is -0.407. The van der Waals surface area contributed by atoms with Gasteiger partial charge in [-0.05, 0) is 43.4 Å². The number of aromatic nitrogens is 1. The molecule has 0 unspecified atom stereocenters. The highest BCUT2D eigenvalue weighted by atomic mass is 32.1. The maximum Gasteiger partial charge on any atom is 0.269 e. The average molecular weight is 287 g/mol. The third kappa shape index (κ3) is 2.75. The van der Waals surface area contributed by atoms with E-state index in [4.69, 9.17) is 0 Å². The molecule has 0 aliphatic heterocycles. The number of hydrogen-bond acceptors (Lipinski definition) is 5. The van der Waals surface area contributed by atoms with E-state index in [0.29, 0.717) is 0 Å². The summed E-state index contributed by atoms with van der Waals surface area (Å²) in [6.45, 7) is 0. The van der Waals surface area contributed by atoms with E-state index in [-0.39, 0.29) is 5.69 Å². The molecule has 0 fully saturated rings. The first-order valence-corrected chi connectivity index (χ1v) is 7.31. The van der Waals surface area contributed by atoms with E-state index in [1.165, 1.54) is 35.5 Å². The second-order valence-electron chi connectivity index (χ2n) is 4.68. The standard InChI is InChI=1S/C14H13N3O2S/c18-17(19)11-7-5-10(6-8-11)9-15-14-16-12-3-1-2-4-13(12)20-14/h5-9H,1-4H2/b15-9-. The number of benzene rings is 1. The molecule has 20 heavy (non-hydrogen) atoms. The van der Waals surface area contributed by atoms with Crippen LogP contribution in [0, 0.1) is 10.1 Å². The Kier molecular flexibility index (Phi) is 3.56. The van der Waals surface area contributed by atoms with Crippen LogP contribution in [0.25, 0.3) is 0 Å². The molecule has 1 aliphatic rings. The van der Waals surface area contributed by atoms with Crippen molar-refractivity contribution in [2.24, 2.45) is 4.99 Å². The quantitative estimate of drug-likeness (QED) is 0.491. The van der Waals surface area contributed by atoms with E-state index in [1.54, 1.807) is 29.7 Å². The first-order chi connectivity index (χ1) is 9.72. The number of fused-ring (bicyclic) bond motifs is 1. The molecule has 0 spiro atoms. The minimum Gasteiger partial charge on any atom is -0.258 e. The zero-order valence-corrected chi connectivity index (χ0v) is 11.6. The highest BCUT2D eigenvalue weighted by molar-refractivity contribution is 7.15. The molecule has 0 atom stereocenters. The predicted octanol–water partition coefficient (Wildman–Crippen LogP) is 3.68. The van der Waals surface area contributed by atoms with Gasteiger partial charge in [-0.2, -0.15) is 0 Å². The van der Waals surface area contributed by atoms with Crippen LogP contribution in [-0.4, -0.2) is 16.1 Å². The fourth-order valence-corrected chi connectivity index (χ4v) is 3.20. The van der Waals surface area contributed by atoms with E-state index >= 15 is 0 Å². The van der Waals surface area contributed by atoms with Crippen molar-refractivity contribution in [1.82, 2.24) is 4.98 Å². The number of non-ortho nitro benzene ring substituents is 1. The molecule has 0 saturated heterocycles. The molecular weight excluding hydrogens is 274 g/mol. The van der Waals surface area contributed by atoms with Crippen LogP contribution >= 0.6 is 11.3 Å². The number of rotatable bonds is 3. The zero-order chi connectivity index (χ0) is 13.9. The van der Waals surface area contributed by atoms with Gasteiger partial charge in [0.2, 0.25) is 5.13 Å². The van der Waals surface area contributed by atoms with Gasteiger partial charge in [-0.3, -0.25) is 10.1 Å².